The van der Waals surface area contributed by atoms with Crippen molar-refractivity contribution in [1.82, 2.24) is 20.2 Å². The number of aryl methyl sites for hydroxylation is 1. The zero-order valence-corrected chi connectivity index (χ0v) is 23.6. The zero-order chi connectivity index (χ0) is 25.3. The molecular formula is C28H45BrN4O2. The second-order valence-corrected chi connectivity index (χ2v) is 10.8. The van der Waals surface area contributed by atoms with Crippen LogP contribution in [-0.2, 0) is 9.53 Å². The van der Waals surface area contributed by atoms with Crippen LogP contribution in [0.15, 0.2) is 30.3 Å². The Hall–Kier alpha value is -1.76. The van der Waals surface area contributed by atoms with E-state index in [0.29, 0.717) is 17.3 Å². The van der Waals surface area contributed by atoms with E-state index < -0.39 is 0 Å². The van der Waals surface area contributed by atoms with E-state index in [2.05, 4.69) is 38.4 Å². The third-order valence-corrected chi connectivity index (χ3v) is 7.75. The molecule has 1 aromatic heterocycles. The lowest BCUT2D eigenvalue weighted by Crippen LogP contribution is -2.22. The minimum atomic E-state index is -0.187. The first-order chi connectivity index (χ1) is 17.0. The molecule has 1 heterocycles. The number of ether oxygens (including phenoxy) is 1. The highest BCUT2D eigenvalue weighted by Crippen LogP contribution is 2.29. The molecule has 7 heteroatoms. The molecule has 0 fully saturated rings. The van der Waals surface area contributed by atoms with Crippen LogP contribution in [0.3, 0.4) is 0 Å². The molecule has 35 heavy (non-hydrogen) atoms. The fourth-order valence-electron chi connectivity index (χ4n) is 4.51. The number of hydrogen-bond acceptors (Lipinski definition) is 5. The summed E-state index contributed by atoms with van der Waals surface area (Å²) < 4.78 is 7.57. The smallest absolute Gasteiger partial charge is 0.306 e. The van der Waals surface area contributed by atoms with E-state index in [1.54, 1.807) is 0 Å². The molecule has 0 spiro atoms. The van der Waals surface area contributed by atoms with Crippen molar-refractivity contribution in [3.63, 3.8) is 0 Å². The maximum atomic E-state index is 12.1. The summed E-state index contributed by atoms with van der Waals surface area (Å²) in [7, 11) is 0. The van der Waals surface area contributed by atoms with Crippen LogP contribution >= 0.6 is 15.9 Å². The molecule has 0 aliphatic heterocycles. The van der Waals surface area contributed by atoms with Gasteiger partial charge in [-0.3, -0.25) is 4.79 Å². The molecule has 3 unspecified atom stereocenters. The van der Waals surface area contributed by atoms with E-state index in [9.17, 15) is 4.79 Å². The highest BCUT2D eigenvalue weighted by atomic mass is 79.9. The van der Waals surface area contributed by atoms with Gasteiger partial charge in [-0.1, -0.05) is 117 Å². The van der Waals surface area contributed by atoms with Crippen molar-refractivity contribution >= 4 is 21.9 Å². The number of carbonyl (C=O) groups is 1. The monoisotopic (exact) mass is 548 g/mol. The van der Waals surface area contributed by atoms with Gasteiger partial charge in [-0.2, -0.15) is 0 Å². The second-order valence-electron chi connectivity index (χ2n) is 9.66. The van der Waals surface area contributed by atoms with Gasteiger partial charge in [0.25, 0.3) is 0 Å². The number of unbranched alkanes of at least 4 members (excludes halogenated alkanes) is 9. The van der Waals surface area contributed by atoms with Gasteiger partial charge in [-0.05, 0) is 49.1 Å². The van der Waals surface area contributed by atoms with Crippen molar-refractivity contribution in [2.45, 2.75) is 128 Å². The quantitative estimate of drug-likeness (QED) is 0.101. The molecule has 2 aromatic rings. The molecule has 0 aliphatic rings. The molecule has 2 rings (SSSR count). The standard InChI is InChI=1S/C28H45BrN4O2/c1-4-5-6-7-10-16-21-27(33-24(3)30-31-32-33)26(29)20-15-9-8-11-17-22-28(34)35-23(2)25-18-13-12-14-19-25/h12-14,18-19,23,26-27H,4-11,15-17,20-22H2,1-3H3. The molecule has 0 N–H and O–H groups in total. The maximum absolute atomic E-state index is 12.1. The first kappa shape index (κ1) is 29.5. The topological polar surface area (TPSA) is 69.9 Å². The van der Waals surface area contributed by atoms with Crippen LogP contribution in [0.4, 0.5) is 0 Å². The minimum absolute atomic E-state index is 0.101. The SMILES string of the molecule is CCCCCCCCC(C(Br)CCCCCCCC(=O)OC(C)c1ccccc1)n1nnnc1C. The van der Waals surface area contributed by atoms with Crippen molar-refractivity contribution in [1.29, 1.82) is 0 Å². The third kappa shape index (κ3) is 11.7. The number of tetrazole rings is 1. The number of benzene rings is 1. The zero-order valence-electron chi connectivity index (χ0n) is 22.0. The fourth-order valence-corrected chi connectivity index (χ4v) is 5.33. The first-order valence-electron chi connectivity index (χ1n) is 13.7. The number of aromatic nitrogens is 4. The Labute approximate surface area is 220 Å². The van der Waals surface area contributed by atoms with Crippen LogP contribution in [0.5, 0.6) is 0 Å². The number of rotatable bonds is 19. The fraction of sp³-hybridized carbons (Fsp3) is 0.714. The van der Waals surface area contributed by atoms with Crippen LogP contribution in [0.25, 0.3) is 0 Å². The van der Waals surface area contributed by atoms with Gasteiger partial charge in [0.1, 0.15) is 11.9 Å². The van der Waals surface area contributed by atoms with Crippen molar-refractivity contribution in [2.75, 3.05) is 0 Å². The average molecular weight is 550 g/mol. The molecule has 3 atom stereocenters. The average Bonchev–Trinajstić information content (AvgIpc) is 3.28. The van der Waals surface area contributed by atoms with E-state index in [0.717, 1.165) is 43.5 Å². The van der Waals surface area contributed by atoms with E-state index >= 15 is 0 Å². The predicted octanol–water partition coefficient (Wildman–Crippen LogP) is 8.07. The van der Waals surface area contributed by atoms with E-state index in [1.165, 1.54) is 51.4 Å². The number of halogens is 1. The molecule has 1 aromatic carbocycles. The Bertz CT molecular complexity index is 814. The number of alkyl halides is 1. The third-order valence-electron chi connectivity index (χ3n) is 6.68. The lowest BCUT2D eigenvalue weighted by atomic mass is 9.99. The number of esters is 1. The molecule has 0 saturated carbocycles. The van der Waals surface area contributed by atoms with E-state index in [-0.39, 0.29) is 12.1 Å². The van der Waals surface area contributed by atoms with E-state index in [1.807, 2.05) is 48.9 Å². The molecule has 0 saturated heterocycles. The van der Waals surface area contributed by atoms with Gasteiger partial charge in [-0.15, -0.1) is 5.10 Å². The Morgan fingerprint density at radius 2 is 1.57 bits per heavy atom. The largest absolute Gasteiger partial charge is 0.458 e. The lowest BCUT2D eigenvalue weighted by Gasteiger charge is -2.23. The summed E-state index contributed by atoms with van der Waals surface area (Å²) in [5.74, 6) is 0.787. The van der Waals surface area contributed by atoms with Crippen molar-refractivity contribution in [2.24, 2.45) is 0 Å². The molecule has 196 valence electrons. The van der Waals surface area contributed by atoms with Gasteiger partial charge in [0.2, 0.25) is 0 Å². The Balaban J connectivity index is 1.61. The molecule has 6 nitrogen and oxygen atoms in total. The van der Waals surface area contributed by atoms with Crippen LogP contribution in [0.1, 0.15) is 127 Å². The summed E-state index contributed by atoms with van der Waals surface area (Å²) in [6.45, 7) is 6.17. The van der Waals surface area contributed by atoms with E-state index in [4.69, 9.17) is 4.74 Å². The van der Waals surface area contributed by atoms with Crippen LogP contribution in [0.2, 0.25) is 0 Å². The van der Waals surface area contributed by atoms with Crippen molar-refractivity contribution in [3.05, 3.63) is 41.7 Å². The summed E-state index contributed by atoms with van der Waals surface area (Å²) in [5.41, 5.74) is 1.04. The summed E-state index contributed by atoms with van der Waals surface area (Å²) in [6.07, 6.45) is 15.8. The molecule has 0 amide bonds. The highest BCUT2D eigenvalue weighted by molar-refractivity contribution is 9.09. The van der Waals surface area contributed by atoms with Crippen LogP contribution in [-0.4, -0.2) is 31.0 Å². The molecule has 0 radical (unpaired) electrons. The number of carbonyl (C=O) groups excluding carboxylic acids is 1. The van der Waals surface area contributed by atoms with Gasteiger partial charge >= 0.3 is 5.97 Å². The van der Waals surface area contributed by atoms with Gasteiger partial charge in [-0.25, -0.2) is 4.68 Å². The Morgan fingerprint density at radius 3 is 2.23 bits per heavy atom. The van der Waals surface area contributed by atoms with Gasteiger partial charge in [0, 0.05) is 11.2 Å². The second kappa shape index (κ2) is 17.6. The lowest BCUT2D eigenvalue weighted by molar-refractivity contribution is -0.148. The van der Waals surface area contributed by atoms with Gasteiger partial charge in [0.05, 0.1) is 6.04 Å². The Morgan fingerprint density at radius 1 is 0.943 bits per heavy atom. The van der Waals surface area contributed by atoms with Crippen molar-refractivity contribution in [3.8, 4) is 0 Å². The summed E-state index contributed by atoms with van der Waals surface area (Å²) in [6, 6.07) is 10.2. The summed E-state index contributed by atoms with van der Waals surface area (Å²) in [5, 5.41) is 12.3. The Kier molecular flexibility index (Phi) is 14.8. The normalized spacial score (nSPS) is 13.9. The molecule has 0 bridgehead atoms. The number of nitrogens with zero attached hydrogens (tertiary/aromatic N) is 4. The summed E-state index contributed by atoms with van der Waals surface area (Å²) >= 11 is 3.96. The minimum Gasteiger partial charge on any atom is -0.458 e. The van der Waals surface area contributed by atoms with Crippen molar-refractivity contribution < 1.29 is 9.53 Å². The van der Waals surface area contributed by atoms with Crippen LogP contribution in [0, 0.1) is 6.92 Å². The highest BCUT2D eigenvalue weighted by Gasteiger charge is 2.23. The number of hydrogen-bond donors (Lipinski definition) is 0. The maximum Gasteiger partial charge on any atom is 0.306 e. The molecular weight excluding hydrogens is 504 g/mol. The first-order valence-corrected chi connectivity index (χ1v) is 14.6. The van der Waals surface area contributed by atoms with Crippen LogP contribution < -0.4 is 0 Å². The van der Waals surface area contributed by atoms with Gasteiger partial charge < -0.3 is 4.74 Å². The predicted molar refractivity (Wildman–Crippen MR) is 146 cm³/mol. The van der Waals surface area contributed by atoms with Gasteiger partial charge in [0.15, 0.2) is 0 Å². The summed E-state index contributed by atoms with van der Waals surface area (Å²) in [4.78, 5) is 12.5. The molecule has 0 aliphatic carbocycles.